The zero-order chi connectivity index (χ0) is 16.8. The number of benzene rings is 1. The Morgan fingerprint density at radius 3 is 2.83 bits per heavy atom. The first-order valence-electron chi connectivity index (χ1n) is 7.05. The van der Waals surface area contributed by atoms with Crippen molar-refractivity contribution in [2.75, 3.05) is 6.61 Å². The summed E-state index contributed by atoms with van der Waals surface area (Å²) in [6.07, 6.45) is 4.13. The summed E-state index contributed by atoms with van der Waals surface area (Å²) >= 11 is 0. The zero-order valence-electron chi connectivity index (χ0n) is 12.1. The molecule has 1 aliphatic carbocycles. The van der Waals surface area contributed by atoms with Crippen LogP contribution in [-0.4, -0.2) is 30.4 Å². The van der Waals surface area contributed by atoms with Gasteiger partial charge >= 0.3 is 12.6 Å². The summed E-state index contributed by atoms with van der Waals surface area (Å²) in [5.41, 5.74) is -0.154. The number of hydrogen-bond acceptors (Lipinski definition) is 3. The molecule has 0 unspecified atom stereocenters. The summed E-state index contributed by atoms with van der Waals surface area (Å²) in [6.45, 7) is -3.37. The number of amides is 2. The predicted molar refractivity (Wildman–Crippen MR) is 76.5 cm³/mol. The van der Waals surface area contributed by atoms with E-state index in [0.29, 0.717) is 6.42 Å². The van der Waals surface area contributed by atoms with E-state index in [-0.39, 0.29) is 36.4 Å². The van der Waals surface area contributed by atoms with Gasteiger partial charge in [0.2, 0.25) is 0 Å². The van der Waals surface area contributed by atoms with E-state index in [0.717, 1.165) is 6.07 Å². The van der Waals surface area contributed by atoms with E-state index < -0.39 is 18.5 Å². The molecule has 2 rings (SSSR count). The van der Waals surface area contributed by atoms with Crippen molar-refractivity contribution in [3.63, 3.8) is 0 Å². The number of urea groups is 1. The smallest absolute Gasteiger partial charge is 0.387 e. The Kier molecular flexibility index (Phi) is 5.86. The van der Waals surface area contributed by atoms with Crippen LogP contribution in [0.1, 0.15) is 12.0 Å². The molecule has 0 spiro atoms. The molecule has 126 valence electrons. The fourth-order valence-electron chi connectivity index (χ4n) is 2.32. The van der Waals surface area contributed by atoms with Gasteiger partial charge in [-0.2, -0.15) is 8.78 Å². The van der Waals surface area contributed by atoms with Gasteiger partial charge in [-0.3, -0.25) is 0 Å². The van der Waals surface area contributed by atoms with Gasteiger partial charge in [-0.15, -0.1) is 0 Å². The maximum atomic E-state index is 13.7. The van der Waals surface area contributed by atoms with Gasteiger partial charge in [-0.25, -0.2) is 9.18 Å². The Morgan fingerprint density at radius 2 is 2.17 bits per heavy atom. The van der Waals surface area contributed by atoms with Crippen LogP contribution >= 0.6 is 0 Å². The molecule has 1 aromatic carbocycles. The molecule has 8 heteroatoms. The average molecular weight is 330 g/mol. The minimum atomic E-state index is -3.08. The number of rotatable bonds is 6. The highest BCUT2D eigenvalue weighted by Gasteiger charge is 2.20. The number of nitrogens with one attached hydrogen (secondary N) is 2. The van der Waals surface area contributed by atoms with E-state index in [2.05, 4.69) is 15.4 Å². The van der Waals surface area contributed by atoms with Gasteiger partial charge in [0, 0.05) is 24.1 Å². The van der Waals surface area contributed by atoms with Crippen molar-refractivity contribution in [3.8, 4) is 5.75 Å². The summed E-state index contributed by atoms with van der Waals surface area (Å²) in [5.74, 6) is -1.07. The van der Waals surface area contributed by atoms with Gasteiger partial charge < -0.3 is 20.5 Å². The van der Waals surface area contributed by atoms with Crippen molar-refractivity contribution in [3.05, 3.63) is 41.7 Å². The number of alkyl halides is 2. The largest absolute Gasteiger partial charge is 0.434 e. The molecule has 5 nitrogen and oxygen atoms in total. The second kappa shape index (κ2) is 7.87. The molecule has 2 amide bonds. The minimum Gasteiger partial charge on any atom is -0.434 e. The van der Waals surface area contributed by atoms with E-state index in [9.17, 15) is 18.0 Å². The van der Waals surface area contributed by atoms with E-state index in [1.54, 1.807) is 12.2 Å². The van der Waals surface area contributed by atoms with Crippen LogP contribution in [-0.2, 0) is 6.54 Å². The SMILES string of the molecule is O=C(NCc1c(F)cccc1OC(F)F)N[C@@H]1C=C[C@H](CO)C1. The summed E-state index contributed by atoms with van der Waals surface area (Å²) < 4.78 is 42.6. The minimum absolute atomic E-state index is 0.000146. The summed E-state index contributed by atoms with van der Waals surface area (Å²) in [5, 5.41) is 14.0. The second-order valence-electron chi connectivity index (χ2n) is 5.09. The molecule has 0 radical (unpaired) electrons. The van der Waals surface area contributed by atoms with Crippen molar-refractivity contribution in [1.29, 1.82) is 0 Å². The van der Waals surface area contributed by atoms with Crippen LogP contribution in [0.5, 0.6) is 5.75 Å². The molecule has 1 aliphatic rings. The van der Waals surface area contributed by atoms with Crippen molar-refractivity contribution in [2.24, 2.45) is 5.92 Å². The Bertz CT molecular complexity index is 581. The topological polar surface area (TPSA) is 70.6 Å². The molecule has 0 saturated carbocycles. The summed E-state index contributed by atoms with van der Waals surface area (Å²) in [6, 6.07) is 2.75. The first-order chi connectivity index (χ1) is 11.0. The molecule has 3 N–H and O–H groups in total. The highest BCUT2D eigenvalue weighted by molar-refractivity contribution is 5.74. The van der Waals surface area contributed by atoms with Gasteiger partial charge in [-0.1, -0.05) is 18.2 Å². The van der Waals surface area contributed by atoms with Gasteiger partial charge in [-0.05, 0) is 18.6 Å². The first kappa shape index (κ1) is 17.1. The number of carbonyl (C=O) groups is 1. The fraction of sp³-hybridized carbons (Fsp3) is 0.400. The van der Waals surface area contributed by atoms with E-state index in [1.165, 1.54) is 12.1 Å². The van der Waals surface area contributed by atoms with E-state index in [4.69, 9.17) is 5.11 Å². The van der Waals surface area contributed by atoms with E-state index in [1.807, 2.05) is 0 Å². The third-order valence-corrected chi connectivity index (χ3v) is 3.44. The third-order valence-electron chi connectivity index (χ3n) is 3.44. The van der Waals surface area contributed by atoms with Crippen LogP contribution < -0.4 is 15.4 Å². The highest BCUT2D eigenvalue weighted by atomic mass is 19.3. The Labute approximate surface area is 131 Å². The molecule has 0 bridgehead atoms. The van der Waals surface area contributed by atoms with Crippen molar-refractivity contribution in [1.82, 2.24) is 10.6 Å². The lowest BCUT2D eigenvalue weighted by molar-refractivity contribution is -0.0506. The van der Waals surface area contributed by atoms with Crippen molar-refractivity contribution >= 4 is 6.03 Å². The molecule has 0 aromatic heterocycles. The van der Waals surface area contributed by atoms with Gasteiger partial charge in [0.15, 0.2) is 0 Å². The van der Waals surface area contributed by atoms with Gasteiger partial charge in [0.25, 0.3) is 0 Å². The molecule has 0 fully saturated rings. The van der Waals surface area contributed by atoms with Gasteiger partial charge in [0.1, 0.15) is 11.6 Å². The number of aliphatic hydroxyl groups excluding tert-OH is 1. The maximum Gasteiger partial charge on any atom is 0.387 e. The predicted octanol–water partition coefficient (Wildman–Crippen LogP) is 2.16. The maximum absolute atomic E-state index is 13.7. The fourth-order valence-corrected chi connectivity index (χ4v) is 2.32. The molecular weight excluding hydrogens is 313 g/mol. The zero-order valence-corrected chi connectivity index (χ0v) is 12.1. The molecule has 23 heavy (non-hydrogen) atoms. The highest BCUT2D eigenvalue weighted by Crippen LogP contribution is 2.23. The molecule has 0 heterocycles. The first-order valence-corrected chi connectivity index (χ1v) is 7.05. The van der Waals surface area contributed by atoms with Crippen LogP contribution in [0.4, 0.5) is 18.0 Å². The van der Waals surface area contributed by atoms with Gasteiger partial charge in [0.05, 0.1) is 6.54 Å². The number of hydrogen-bond donors (Lipinski definition) is 3. The molecule has 0 aliphatic heterocycles. The quantitative estimate of drug-likeness (QED) is 0.700. The molecule has 2 atom stereocenters. The summed E-state index contributed by atoms with van der Waals surface area (Å²) in [7, 11) is 0. The standard InChI is InChI=1S/C15H17F3N2O3/c16-12-2-1-3-13(23-14(17)18)11(12)7-19-15(22)20-10-5-4-9(6-10)8-21/h1-5,9-10,14,21H,6-8H2,(H2,19,20,22)/t9-,10+/m0/s1. The normalized spacial score (nSPS) is 19.9. The van der Waals surface area contributed by atoms with Crippen molar-refractivity contribution < 1.29 is 27.8 Å². The number of halogens is 3. The van der Waals surface area contributed by atoms with Crippen LogP contribution in [0.25, 0.3) is 0 Å². The van der Waals surface area contributed by atoms with Crippen LogP contribution in [0.2, 0.25) is 0 Å². The molecule has 0 saturated heterocycles. The monoisotopic (exact) mass is 330 g/mol. The van der Waals surface area contributed by atoms with Crippen molar-refractivity contribution in [2.45, 2.75) is 25.6 Å². The lowest BCUT2D eigenvalue weighted by Gasteiger charge is -2.15. The summed E-state index contributed by atoms with van der Waals surface area (Å²) in [4.78, 5) is 11.8. The number of aliphatic hydroxyl groups is 1. The Balaban J connectivity index is 1.90. The lowest BCUT2D eigenvalue weighted by atomic mass is 10.1. The lowest BCUT2D eigenvalue weighted by Crippen LogP contribution is -2.40. The Morgan fingerprint density at radius 1 is 1.39 bits per heavy atom. The molecule has 1 aromatic rings. The number of carbonyl (C=O) groups excluding carboxylic acids is 1. The van der Waals surface area contributed by atoms with Crippen LogP contribution in [0.15, 0.2) is 30.4 Å². The van der Waals surface area contributed by atoms with Crippen LogP contribution in [0, 0.1) is 11.7 Å². The average Bonchev–Trinajstić information content (AvgIpc) is 2.93. The van der Waals surface area contributed by atoms with E-state index >= 15 is 0 Å². The second-order valence-corrected chi connectivity index (χ2v) is 5.09. The third kappa shape index (κ3) is 4.88. The van der Waals surface area contributed by atoms with Crippen LogP contribution in [0.3, 0.4) is 0 Å². The number of ether oxygens (including phenoxy) is 1. The Hall–Kier alpha value is -2.22. The molecular formula is C15H17F3N2O3.